The topological polar surface area (TPSA) is 49.4 Å². The fourth-order valence-electron chi connectivity index (χ4n) is 2.54. The molecule has 1 N–H and O–H groups in total. The fraction of sp³-hybridized carbons (Fsp3) is 0.895. The summed E-state index contributed by atoms with van der Waals surface area (Å²) in [6.07, 6.45) is 13.9. The maximum atomic E-state index is 12.0. The first kappa shape index (κ1) is 21.9. The zero-order valence-electron chi connectivity index (χ0n) is 15.7. The summed E-state index contributed by atoms with van der Waals surface area (Å²) in [6, 6.07) is 0. The predicted molar refractivity (Wildman–Crippen MR) is 97.4 cm³/mol. The number of nitrogens with zero attached hydrogens (tertiary/aromatic N) is 1. The first-order valence-electron chi connectivity index (χ1n) is 9.62. The highest BCUT2D eigenvalue weighted by molar-refractivity contribution is 5.84. The Hall–Kier alpha value is -1.06. The molecule has 0 rings (SSSR count). The quantitative estimate of drug-likeness (QED) is 0.457. The van der Waals surface area contributed by atoms with Crippen LogP contribution < -0.4 is 5.32 Å². The Morgan fingerprint density at radius 1 is 0.783 bits per heavy atom. The molecule has 0 unspecified atom stereocenters. The van der Waals surface area contributed by atoms with Crippen molar-refractivity contribution < 1.29 is 9.59 Å². The van der Waals surface area contributed by atoms with E-state index in [2.05, 4.69) is 19.2 Å². The van der Waals surface area contributed by atoms with Crippen molar-refractivity contribution >= 4 is 11.8 Å². The molecule has 4 nitrogen and oxygen atoms in total. The molecule has 0 aliphatic heterocycles. The summed E-state index contributed by atoms with van der Waals surface area (Å²) in [5.74, 6) is 0.0277. The molecule has 4 heteroatoms. The lowest BCUT2D eigenvalue weighted by Gasteiger charge is -2.16. The molecule has 0 atom stereocenters. The molecule has 0 aromatic carbocycles. The minimum Gasteiger partial charge on any atom is -0.355 e. The largest absolute Gasteiger partial charge is 0.355 e. The summed E-state index contributed by atoms with van der Waals surface area (Å²) in [6.45, 7) is 5.21. The summed E-state index contributed by atoms with van der Waals surface area (Å²) in [5, 5.41) is 2.84. The second-order valence-electron chi connectivity index (χ2n) is 6.53. The summed E-state index contributed by atoms with van der Waals surface area (Å²) < 4.78 is 0. The standard InChI is InChI=1S/C19H38N2O2/c1-4-6-8-9-10-11-12-13-14-15-19(23)21(3)17-18(22)20-16-7-5-2/h4-17H2,1-3H3,(H,20,22). The average Bonchev–Trinajstić information content (AvgIpc) is 2.53. The predicted octanol–water partition coefficient (Wildman–Crippen LogP) is 4.28. The zero-order valence-corrected chi connectivity index (χ0v) is 15.7. The van der Waals surface area contributed by atoms with Gasteiger partial charge >= 0.3 is 0 Å². The number of carbonyl (C=O) groups excluding carboxylic acids is 2. The minimum absolute atomic E-state index is 0.0543. The molecule has 0 aliphatic rings. The molecule has 2 amide bonds. The fourth-order valence-corrected chi connectivity index (χ4v) is 2.54. The van der Waals surface area contributed by atoms with Gasteiger partial charge in [0.05, 0.1) is 6.54 Å². The Morgan fingerprint density at radius 2 is 1.30 bits per heavy atom. The van der Waals surface area contributed by atoms with Crippen molar-refractivity contribution in [2.75, 3.05) is 20.1 Å². The van der Waals surface area contributed by atoms with Gasteiger partial charge in [0.15, 0.2) is 0 Å². The molecule has 0 saturated carbocycles. The van der Waals surface area contributed by atoms with E-state index >= 15 is 0 Å². The molecule has 0 aromatic heterocycles. The van der Waals surface area contributed by atoms with Gasteiger partial charge in [-0.1, -0.05) is 71.6 Å². The van der Waals surface area contributed by atoms with Crippen molar-refractivity contribution in [1.29, 1.82) is 0 Å². The maximum absolute atomic E-state index is 12.0. The van der Waals surface area contributed by atoms with E-state index in [1.807, 2.05) is 0 Å². The first-order chi connectivity index (χ1) is 11.1. The van der Waals surface area contributed by atoms with Gasteiger partial charge < -0.3 is 10.2 Å². The van der Waals surface area contributed by atoms with Gasteiger partial charge in [-0.25, -0.2) is 0 Å². The van der Waals surface area contributed by atoms with E-state index in [-0.39, 0.29) is 18.4 Å². The number of nitrogens with one attached hydrogen (secondary N) is 1. The Bertz CT molecular complexity index is 306. The number of amides is 2. The van der Waals surface area contributed by atoms with Crippen molar-refractivity contribution in [2.24, 2.45) is 0 Å². The van der Waals surface area contributed by atoms with Gasteiger partial charge in [0, 0.05) is 20.0 Å². The van der Waals surface area contributed by atoms with Crippen molar-refractivity contribution in [3.63, 3.8) is 0 Å². The molecule has 0 spiro atoms. The highest BCUT2D eigenvalue weighted by atomic mass is 16.2. The van der Waals surface area contributed by atoms with Crippen LogP contribution in [0.25, 0.3) is 0 Å². The van der Waals surface area contributed by atoms with Gasteiger partial charge in [-0.15, -0.1) is 0 Å². The van der Waals surface area contributed by atoms with Crippen LogP contribution >= 0.6 is 0 Å². The van der Waals surface area contributed by atoms with Gasteiger partial charge in [0.1, 0.15) is 0 Å². The highest BCUT2D eigenvalue weighted by Crippen LogP contribution is 2.10. The Morgan fingerprint density at radius 3 is 1.87 bits per heavy atom. The van der Waals surface area contributed by atoms with Gasteiger partial charge in [0.2, 0.25) is 11.8 Å². The summed E-state index contributed by atoms with van der Waals surface area (Å²) in [4.78, 5) is 25.2. The normalized spacial score (nSPS) is 10.6. The second kappa shape index (κ2) is 15.8. The van der Waals surface area contributed by atoms with E-state index in [4.69, 9.17) is 0 Å². The van der Waals surface area contributed by atoms with E-state index in [1.54, 1.807) is 11.9 Å². The van der Waals surface area contributed by atoms with Crippen LogP contribution in [0, 0.1) is 0 Å². The molecule has 0 aliphatic carbocycles. The van der Waals surface area contributed by atoms with Gasteiger partial charge in [-0.2, -0.15) is 0 Å². The molecule has 0 saturated heterocycles. The number of hydrogen-bond donors (Lipinski definition) is 1. The van der Waals surface area contributed by atoms with Crippen LogP contribution in [-0.4, -0.2) is 36.9 Å². The van der Waals surface area contributed by atoms with Crippen molar-refractivity contribution in [2.45, 2.75) is 90.9 Å². The van der Waals surface area contributed by atoms with Crippen LogP contribution in [0.2, 0.25) is 0 Å². The summed E-state index contributed by atoms with van der Waals surface area (Å²) in [5.41, 5.74) is 0. The molecule has 136 valence electrons. The Balaban J connectivity index is 3.52. The highest BCUT2D eigenvalue weighted by Gasteiger charge is 2.11. The minimum atomic E-state index is -0.0543. The van der Waals surface area contributed by atoms with Crippen molar-refractivity contribution in [3.8, 4) is 0 Å². The van der Waals surface area contributed by atoms with Gasteiger partial charge in [-0.3, -0.25) is 9.59 Å². The lowest BCUT2D eigenvalue weighted by Crippen LogP contribution is -2.38. The van der Waals surface area contributed by atoms with Crippen LogP contribution in [0.3, 0.4) is 0 Å². The van der Waals surface area contributed by atoms with Crippen LogP contribution in [0.5, 0.6) is 0 Å². The lowest BCUT2D eigenvalue weighted by atomic mass is 10.1. The van der Waals surface area contributed by atoms with Crippen LogP contribution in [0.15, 0.2) is 0 Å². The van der Waals surface area contributed by atoms with Crippen LogP contribution in [-0.2, 0) is 9.59 Å². The smallest absolute Gasteiger partial charge is 0.239 e. The molecule has 0 radical (unpaired) electrons. The third kappa shape index (κ3) is 14.3. The number of likely N-dealkylation sites (N-methyl/N-ethyl adjacent to an activating group) is 1. The second-order valence-corrected chi connectivity index (χ2v) is 6.53. The number of hydrogen-bond acceptors (Lipinski definition) is 2. The lowest BCUT2D eigenvalue weighted by molar-refractivity contribution is -0.134. The first-order valence-corrected chi connectivity index (χ1v) is 9.62. The molecule has 23 heavy (non-hydrogen) atoms. The molecular weight excluding hydrogens is 288 g/mol. The summed E-state index contributed by atoms with van der Waals surface area (Å²) in [7, 11) is 1.72. The third-order valence-electron chi connectivity index (χ3n) is 4.15. The number of unbranched alkanes of at least 4 members (excludes halogenated alkanes) is 9. The Labute approximate surface area is 143 Å². The summed E-state index contributed by atoms with van der Waals surface area (Å²) >= 11 is 0. The molecule has 0 fully saturated rings. The van der Waals surface area contributed by atoms with Crippen molar-refractivity contribution in [3.05, 3.63) is 0 Å². The van der Waals surface area contributed by atoms with Crippen LogP contribution in [0.1, 0.15) is 90.9 Å². The molecule has 0 bridgehead atoms. The van der Waals surface area contributed by atoms with E-state index in [0.717, 1.165) is 25.7 Å². The molecular formula is C19H38N2O2. The van der Waals surface area contributed by atoms with E-state index in [1.165, 1.54) is 44.9 Å². The number of rotatable bonds is 15. The zero-order chi connectivity index (χ0) is 17.3. The molecule has 0 heterocycles. The van der Waals surface area contributed by atoms with E-state index in [9.17, 15) is 9.59 Å². The van der Waals surface area contributed by atoms with E-state index < -0.39 is 0 Å². The Kier molecular flexibility index (Phi) is 15.1. The monoisotopic (exact) mass is 326 g/mol. The van der Waals surface area contributed by atoms with Crippen LogP contribution in [0.4, 0.5) is 0 Å². The van der Waals surface area contributed by atoms with Gasteiger partial charge in [-0.05, 0) is 12.8 Å². The maximum Gasteiger partial charge on any atom is 0.239 e. The van der Waals surface area contributed by atoms with E-state index in [0.29, 0.717) is 13.0 Å². The number of carbonyl (C=O) groups is 2. The molecule has 0 aromatic rings. The third-order valence-corrected chi connectivity index (χ3v) is 4.15. The van der Waals surface area contributed by atoms with Gasteiger partial charge in [0.25, 0.3) is 0 Å². The average molecular weight is 327 g/mol. The SMILES string of the molecule is CCCCCCCCCCCC(=O)N(C)CC(=O)NCCCC. The van der Waals surface area contributed by atoms with Crippen molar-refractivity contribution in [1.82, 2.24) is 10.2 Å².